The number of aliphatic carboxylic acids is 1. The molecule has 0 spiro atoms. The number of hydrogen-bond donors (Lipinski definition) is 1. The van der Waals surface area contributed by atoms with E-state index in [4.69, 9.17) is 9.84 Å². The van der Waals surface area contributed by atoms with E-state index in [1.807, 2.05) is 0 Å². The molecule has 108 valence electrons. The van der Waals surface area contributed by atoms with Gasteiger partial charge in [0.25, 0.3) is 5.91 Å². The van der Waals surface area contributed by atoms with Crippen molar-refractivity contribution < 1.29 is 24.4 Å². The van der Waals surface area contributed by atoms with Crippen LogP contribution in [0.15, 0.2) is 12.1 Å². The van der Waals surface area contributed by atoms with Gasteiger partial charge in [0.05, 0.1) is 22.9 Å². The third-order valence-corrected chi connectivity index (χ3v) is 3.89. The van der Waals surface area contributed by atoms with Gasteiger partial charge in [0.2, 0.25) is 0 Å². The highest BCUT2D eigenvalue weighted by Gasteiger charge is 2.43. The Morgan fingerprint density at radius 2 is 2.20 bits per heavy atom. The van der Waals surface area contributed by atoms with E-state index in [-0.39, 0.29) is 28.9 Å². The predicted octanol–water partition coefficient (Wildman–Crippen LogP) is 0.972. The number of ether oxygens (including phenoxy) is 1. The Bertz CT molecular complexity index is 563. The molecule has 1 saturated heterocycles. The van der Waals surface area contributed by atoms with Crippen molar-refractivity contribution >= 4 is 28.2 Å². The molecular formula is C11H12N2O6S. The number of carbonyl (C=O) groups excluding carboxylic acids is 1. The summed E-state index contributed by atoms with van der Waals surface area (Å²) in [4.78, 5) is 34.2. The van der Waals surface area contributed by atoms with Gasteiger partial charge in [-0.1, -0.05) is 11.3 Å². The van der Waals surface area contributed by atoms with Crippen molar-refractivity contribution in [1.82, 2.24) is 4.90 Å². The van der Waals surface area contributed by atoms with E-state index in [2.05, 4.69) is 0 Å². The molecule has 2 heterocycles. The minimum absolute atomic E-state index is 0.0845. The normalized spacial score (nSPS) is 16.6. The summed E-state index contributed by atoms with van der Waals surface area (Å²) in [5.74, 6) is -1.37. The fraction of sp³-hybridized carbons (Fsp3) is 0.455. The van der Waals surface area contributed by atoms with Gasteiger partial charge < -0.3 is 14.7 Å². The zero-order chi connectivity index (χ0) is 14.9. The molecule has 1 aromatic rings. The van der Waals surface area contributed by atoms with Gasteiger partial charge in [-0.25, -0.2) is 4.79 Å². The second kappa shape index (κ2) is 5.17. The van der Waals surface area contributed by atoms with Crippen molar-refractivity contribution in [3.05, 3.63) is 27.1 Å². The molecule has 1 N–H and O–H groups in total. The summed E-state index contributed by atoms with van der Waals surface area (Å²) < 4.78 is 5.19. The minimum atomic E-state index is -1.06. The van der Waals surface area contributed by atoms with Crippen LogP contribution in [0, 0.1) is 10.1 Å². The average Bonchev–Trinajstić information content (AvgIpc) is 2.81. The van der Waals surface area contributed by atoms with Crippen LogP contribution in [-0.4, -0.2) is 52.1 Å². The fourth-order valence-electron chi connectivity index (χ4n) is 1.93. The minimum Gasteiger partial charge on any atom is -0.480 e. The molecule has 1 aliphatic rings. The van der Waals surface area contributed by atoms with E-state index < -0.39 is 23.1 Å². The molecule has 0 aromatic carbocycles. The van der Waals surface area contributed by atoms with Crippen molar-refractivity contribution in [1.29, 1.82) is 0 Å². The van der Waals surface area contributed by atoms with E-state index in [1.54, 1.807) is 6.92 Å². The fourth-order valence-corrected chi connectivity index (χ4v) is 2.72. The largest absolute Gasteiger partial charge is 0.480 e. The second-order valence-electron chi connectivity index (χ2n) is 4.69. The first-order chi connectivity index (χ1) is 9.31. The molecule has 2 rings (SSSR count). The van der Waals surface area contributed by atoms with Crippen LogP contribution in [0.1, 0.15) is 16.6 Å². The van der Waals surface area contributed by atoms with Gasteiger partial charge >= 0.3 is 11.0 Å². The first kappa shape index (κ1) is 14.4. The van der Waals surface area contributed by atoms with Crippen LogP contribution in [0.4, 0.5) is 5.00 Å². The number of carboxylic acid groups (broad SMARTS) is 1. The molecule has 0 unspecified atom stereocenters. The van der Waals surface area contributed by atoms with E-state index in [1.165, 1.54) is 17.0 Å². The smallest absolute Gasteiger partial charge is 0.329 e. The Balaban J connectivity index is 1.92. The topological polar surface area (TPSA) is 110 Å². The van der Waals surface area contributed by atoms with E-state index >= 15 is 0 Å². The summed E-state index contributed by atoms with van der Waals surface area (Å²) in [5, 5.41) is 19.0. The van der Waals surface area contributed by atoms with E-state index in [0.29, 0.717) is 0 Å². The summed E-state index contributed by atoms with van der Waals surface area (Å²) in [6.07, 6.45) is 0. The van der Waals surface area contributed by atoms with Crippen molar-refractivity contribution in [2.24, 2.45) is 0 Å². The van der Waals surface area contributed by atoms with E-state index in [9.17, 15) is 19.7 Å². The number of carbonyl (C=O) groups is 2. The highest BCUT2D eigenvalue weighted by molar-refractivity contribution is 7.17. The molecular weight excluding hydrogens is 288 g/mol. The van der Waals surface area contributed by atoms with Gasteiger partial charge in [0.15, 0.2) is 0 Å². The van der Waals surface area contributed by atoms with Crippen LogP contribution in [0.2, 0.25) is 0 Å². The lowest BCUT2D eigenvalue weighted by atomic mass is 9.96. The maximum atomic E-state index is 12.0. The highest BCUT2D eigenvalue weighted by Crippen LogP contribution is 2.30. The van der Waals surface area contributed by atoms with Gasteiger partial charge in [-0.3, -0.25) is 14.9 Å². The average molecular weight is 300 g/mol. The molecule has 20 heavy (non-hydrogen) atoms. The monoisotopic (exact) mass is 300 g/mol. The molecule has 1 aromatic heterocycles. The SMILES string of the molecule is CC1(OCC(=O)O)CN(C(=O)c2ccc([N+](=O)[O-])s2)C1. The van der Waals surface area contributed by atoms with Crippen molar-refractivity contribution in [2.75, 3.05) is 19.7 Å². The van der Waals surface area contributed by atoms with Crippen molar-refractivity contribution in [3.8, 4) is 0 Å². The number of thiophene rings is 1. The second-order valence-corrected chi connectivity index (χ2v) is 5.75. The standard InChI is InChI=1S/C11H12N2O6S/c1-11(19-4-9(14)15)5-12(6-11)10(16)7-2-3-8(20-7)13(17)18/h2-3H,4-6H2,1H3,(H,14,15). The first-order valence-corrected chi connectivity index (χ1v) is 6.52. The number of nitrogens with zero attached hydrogens (tertiary/aromatic N) is 2. The predicted molar refractivity (Wildman–Crippen MR) is 68.9 cm³/mol. The number of nitro groups is 1. The number of likely N-dealkylation sites (tertiary alicyclic amines) is 1. The van der Waals surface area contributed by atoms with Gasteiger partial charge in [-0.15, -0.1) is 0 Å². The third kappa shape index (κ3) is 2.94. The Morgan fingerprint density at radius 1 is 1.55 bits per heavy atom. The molecule has 0 saturated carbocycles. The first-order valence-electron chi connectivity index (χ1n) is 5.70. The Morgan fingerprint density at radius 3 is 2.70 bits per heavy atom. The third-order valence-electron chi connectivity index (χ3n) is 2.86. The lowest BCUT2D eigenvalue weighted by Gasteiger charge is -2.47. The molecule has 9 heteroatoms. The lowest BCUT2D eigenvalue weighted by Crippen LogP contribution is -2.63. The van der Waals surface area contributed by atoms with Crippen LogP contribution in [0.25, 0.3) is 0 Å². The quantitative estimate of drug-likeness (QED) is 0.641. The van der Waals surface area contributed by atoms with Gasteiger partial charge in [-0.05, 0) is 13.0 Å². The van der Waals surface area contributed by atoms with Crippen LogP contribution < -0.4 is 0 Å². The highest BCUT2D eigenvalue weighted by atomic mass is 32.1. The van der Waals surface area contributed by atoms with Crippen LogP contribution >= 0.6 is 11.3 Å². The maximum Gasteiger partial charge on any atom is 0.329 e. The Hall–Kier alpha value is -2.00. The van der Waals surface area contributed by atoms with Gasteiger partial charge in [0, 0.05) is 6.07 Å². The van der Waals surface area contributed by atoms with Crippen molar-refractivity contribution in [2.45, 2.75) is 12.5 Å². The molecule has 8 nitrogen and oxygen atoms in total. The molecule has 0 atom stereocenters. The van der Waals surface area contributed by atoms with Gasteiger partial charge in [0.1, 0.15) is 12.2 Å². The molecule has 0 aliphatic carbocycles. The van der Waals surface area contributed by atoms with Gasteiger partial charge in [-0.2, -0.15) is 0 Å². The van der Waals surface area contributed by atoms with Crippen LogP contribution in [0.5, 0.6) is 0 Å². The molecule has 0 radical (unpaired) electrons. The van der Waals surface area contributed by atoms with Crippen LogP contribution in [-0.2, 0) is 9.53 Å². The Labute approximate surface area is 117 Å². The number of rotatable bonds is 5. The molecule has 1 aliphatic heterocycles. The van der Waals surface area contributed by atoms with Crippen molar-refractivity contribution in [3.63, 3.8) is 0 Å². The zero-order valence-corrected chi connectivity index (χ0v) is 11.4. The molecule has 0 bridgehead atoms. The lowest BCUT2D eigenvalue weighted by molar-refractivity contribution is -0.380. The molecule has 1 fully saturated rings. The van der Waals surface area contributed by atoms with E-state index in [0.717, 1.165) is 11.3 Å². The number of amides is 1. The summed E-state index contributed by atoms with van der Waals surface area (Å²) in [5.41, 5.74) is -0.669. The zero-order valence-electron chi connectivity index (χ0n) is 10.6. The molecule has 1 amide bonds. The number of carboxylic acids is 1. The Kier molecular flexibility index (Phi) is 3.73. The summed E-state index contributed by atoms with van der Waals surface area (Å²) >= 11 is 0.820. The summed E-state index contributed by atoms with van der Waals surface area (Å²) in [6, 6.07) is 2.71. The number of hydrogen-bond acceptors (Lipinski definition) is 6. The summed E-state index contributed by atoms with van der Waals surface area (Å²) in [6.45, 7) is 1.84. The summed E-state index contributed by atoms with van der Waals surface area (Å²) in [7, 11) is 0. The van der Waals surface area contributed by atoms with Crippen LogP contribution in [0.3, 0.4) is 0 Å². The maximum absolute atomic E-state index is 12.0.